The van der Waals surface area contributed by atoms with Crippen LogP contribution >= 0.6 is 12.4 Å². The average molecular weight is 247 g/mol. The molecule has 2 heterocycles. The van der Waals surface area contributed by atoms with Gasteiger partial charge in [0, 0.05) is 12.7 Å². The van der Waals surface area contributed by atoms with Crippen LogP contribution in [-0.4, -0.2) is 27.5 Å². The molecule has 1 saturated heterocycles. The van der Waals surface area contributed by atoms with Gasteiger partial charge in [0.2, 0.25) is 0 Å². The van der Waals surface area contributed by atoms with Crippen molar-refractivity contribution in [3.8, 4) is 0 Å². The zero-order valence-corrected chi connectivity index (χ0v) is 10.2. The average Bonchev–Trinajstić information content (AvgIpc) is 2.71. The lowest BCUT2D eigenvalue weighted by atomic mass is 10.3. The highest BCUT2D eigenvalue weighted by Gasteiger charge is 2.22. The molecule has 1 aliphatic heterocycles. The van der Waals surface area contributed by atoms with E-state index in [4.69, 9.17) is 0 Å². The third-order valence-electron chi connectivity index (χ3n) is 2.41. The summed E-state index contributed by atoms with van der Waals surface area (Å²) in [5.41, 5.74) is 1.11. The fourth-order valence-corrected chi connectivity index (χ4v) is 2.86. The summed E-state index contributed by atoms with van der Waals surface area (Å²) in [5.74, 6) is 0. The van der Waals surface area contributed by atoms with Gasteiger partial charge in [-0.1, -0.05) is 6.07 Å². The lowest BCUT2D eigenvalue weighted by Crippen LogP contribution is -2.19. The van der Waals surface area contributed by atoms with Crippen LogP contribution in [-0.2, 0) is 10.8 Å². The van der Waals surface area contributed by atoms with E-state index < -0.39 is 10.8 Å². The first-order chi connectivity index (χ1) is 6.77. The van der Waals surface area contributed by atoms with E-state index in [-0.39, 0.29) is 17.7 Å². The van der Waals surface area contributed by atoms with Gasteiger partial charge in [-0.25, -0.2) is 4.98 Å². The van der Waals surface area contributed by atoms with Crippen LogP contribution in [0.2, 0.25) is 0 Å². The summed E-state index contributed by atoms with van der Waals surface area (Å²) < 4.78 is 12.0. The van der Waals surface area contributed by atoms with E-state index in [1.807, 2.05) is 19.1 Å². The van der Waals surface area contributed by atoms with Crippen LogP contribution in [0, 0.1) is 6.92 Å². The maximum atomic E-state index is 12.0. The fourth-order valence-electron chi connectivity index (χ4n) is 1.55. The van der Waals surface area contributed by atoms with E-state index in [0.717, 1.165) is 25.1 Å². The zero-order valence-electron chi connectivity index (χ0n) is 8.60. The molecule has 1 N–H and O–H groups in total. The Kier molecular flexibility index (Phi) is 4.70. The quantitative estimate of drug-likeness (QED) is 0.855. The highest BCUT2D eigenvalue weighted by atomic mass is 35.5. The highest BCUT2D eigenvalue weighted by Crippen LogP contribution is 2.14. The van der Waals surface area contributed by atoms with Crippen molar-refractivity contribution < 1.29 is 4.21 Å². The summed E-state index contributed by atoms with van der Waals surface area (Å²) >= 11 is 0. The number of rotatable bonds is 2. The molecule has 0 radical (unpaired) electrons. The van der Waals surface area contributed by atoms with E-state index in [9.17, 15) is 4.21 Å². The van der Waals surface area contributed by atoms with Gasteiger partial charge in [0.05, 0.1) is 16.0 Å². The van der Waals surface area contributed by atoms with Crippen molar-refractivity contribution >= 4 is 23.2 Å². The Morgan fingerprint density at radius 1 is 1.53 bits per heavy atom. The Balaban J connectivity index is 0.00000112. The van der Waals surface area contributed by atoms with Gasteiger partial charge in [0.15, 0.2) is 0 Å². The van der Waals surface area contributed by atoms with Gasteiger partial charge < -0.3 is 5.32 Å². The molecule has 84 valence electrons. The van der Waals surface area contributed by atoms with E-state index in [2.05, 4.69) is 10.3 Å². The predicted molar refractivity (Wildman–Crippen MR) is 63.9 cm³/mol. The molecule has 0 aromatic carbocycles. The van der Waals surface area contributed by atoms with E-state index >= 15 is 0 Å². The molecule has 0 spiro atoms. The van der Waals surface area contributed by atoms with Crippen molar-refractivity contribution in [1.82, 2.24) is 10.3 Å². The monoisotopic (exact) mass is 246 g/mol. The van der Waals surface area contributed by atoms with Crippen molar-refractivity contribution in [2.24, 2.45) is 0 Å². The molecule has 0 bridgehead atoms. The second-order valence-corrected chi connectivity index (χ2v) is 5.27. The summed E-state index contributed by atoms with van der Waals surface area (Å²) in [7, 11) is -0.941. The Labute approximate surface area is 98.5 Å². The van der Waals surface area contributed by atoms with Crippen molar-refractivity contribution in [1.29, 1.82) is 0 Å². The summed E-state index contributed by atoms with van der Waals surface area (Å²) in [6, 6.07) is 3.83. The maximum absolute atomic E-state index is 12.0. The number of nitrogens with zero attached hydrogens (tertiary/aromatic N) is 1. The van der Waals surface area contributed by atoms with Crippen LogP contribution in [0.5, 0.6) is 0 Å². The van der Waals surface area contributed by atoms with Gasteiger partial charge in [-0.3, -0.25) is 4.21 Å². The summed E-state index contributed by atoms with van der Waals surface area (Å²) in [6.07, 6.45) is 2.76. The molecule has 1 fully saturated rings. The maximum Gasteiger partial charge on any atom is 0.127 e. The molecular formula is C10H15ClN2OS. The predicted octanol–water partition coefficient (Wildman–Crippen LogP) is 1.28. The van der Waals surface area contributed by atoms with Gasteiger partial charge in [0.1, 0.15) is 5.03 Å². The summed E-state index contributed by atoms with van der Waals surface area (Å²) in [5, 5.41) is 4.17. The first-order valence-electron chi connectivity index (χ1n) is 4.81. The van der Waals surface area contributed by atoms with Crippen LogP contribution in [0.3, 0.4) is 0 Å². The third-order valence-corrected chi connectivity index (χ3v) is 4.07. The standard InChI is InChI=1S/C10H14N2OS.ClH/c1-8-2-3-10(12-6-8)14(13)9-4-5-11-7-9;/h2-3,6,9,11H,4-5,7H2,1H3;1H/t9-,14?;/m0./s1. The van der Waals surface area contributed by atoms with E-state index in [0.29, 0.717) is 5.03 Å². The molecule has 1 aromatic rings. The minimum atomic E-state index is -0.941. The summed E-state index contributed by atoms with van der Waals surface area (Å²) in [4.78, 5) is 4.19. The molecule has 2 atom stereocenters. The molecule has 1 unspecified atom stereocenters. The second-order valence-electron chi connectivity index (χ2n) is 3.59. The zero-order chi connectivity index (χ0) is 9.97. The fraction of sp³-hybridized carbons (Fsp3) is 0.500. The highest BCUT2D eigenvalue weighted by molar-refractivity contribution is 7.85. The number of pyridine rings is 1. The molecule has 0 amide bonds. The molecule has 0 saturated carbocycles. The van der Waals surface area contributed by atoms with Gasteiger partial charge >= 0.3 is 0 Å². The Bertz CT molecular complexity index is 336. The number of aryl methyl sites for hydroxylation is 1. The Morgan fingerprint density at radius 3 is 2.87 bits per heavy atom. The molecule has 2 rings (SSSR count). The molecule has 1 aliphatic rings. The van der Waals surface area contributed by atoms with E-state index in [1.165, 1.54) is 0 Å². The Hall–Kier alpha value is -0.450. The van der Waals surface area contributed by atoms with Crippen LogP contribution in [0.25, 0.3) is 0 Å². The number of hydrogen-bond acceptors (Lipinski definition) is 3. The van der Waals surface area contributed by atoms with Crippen molar-refractivity contribution in [2.45, 2.75) is 23.6 Å². The normalized spacial score (nSPS) is 22.1. The van der Waals surface area contributed by atoms with Crippen molar-refractivity contribution in [3.63, 3.8) is 0 Å². The molecule has 0 aliphatic carbocycles. The number of aromatic nitrogens is 1. The molecular weight excluding hydrogens is 232 g/mol. The SMILES string of the molecule is Cc1ccc(S(=O)[C@H]2CCNC2)nc1.Cl. The van der Waals surface area contributed by atoms with Gasteiger partial charge in [-0.15, -0.1) is 12.4 Å². The lowest BCUT2D eigenvalue weighted by molar-refractivity contribution is 0.669. The minimum Gasteiger partial charge on any atom is -0.315 e. The lowest BCUT2D eigenvalue weighted by Gasteiger charge is -2.07. The topological polar surface area (TPSA) is 42.0 Å². The molecule has 15 heavy (non-hydrogen) atoms. The number of nitrogens with one attached hydrogen (secondary N) is 1. The van der Waals surface area contributed by atoms with Gasteiger partial charge in [-0.2, -0.15) is 0 Å². The van der Waals surface area contributed by atoms with Crippen LogP contribution in [0.15, 0.2) is 23.4 Å². The smallest absolute Gasteiger partial charge is 0.127 e. The van der Waals surface area contributed by atoms with Crippen molar-refractivity contribution in [2.75, 3.05) is 13.1 Å². The largest absolute Gasteiger partial charge is 0.315 e. The molecule has 5 heteroatoms. The van der Waals surface area contributed by atoms with E-state index in [1.54, 1.807) is 6.20 Å². The van der Waals surface area contributed by atoms with Gasteiger partial charge in [-0.05, 0) is 31.5 Å². The minimum absolute atomic E-state index is 0. The first-order valence-corrected chi connectivity index (χ1v) is 6.02. The van der Waals surface area contributed by atoms with Crippen LogP contribution in [0.1, 0.15) is 12.0 Å². The molecule has 1 aromatic heterocycles. The third kappa shape index (κ3) is 3.00. The van der Waals surface area contributed by atoms with Crippen LogP contribution < -0.4 is 5.32 Å². The number of halogens is 1. The Morgan fingerprint density at radius 2 is 2.33 bits per heavy atom. The number of hydrogen-bond donors (Lipinski definition) is 1. The second kappa shape index (κ2) is 5.58. The van der Waals surface area contributed by atoms with Crippen molar-refractivity contribution in [3.05, 3.63) is 23.9 Å². The van der Waals surface area contributed by atoms with Gasteiger partial charge in [0.25, 0.3) is 0 Å². The molecule has 3 nitrogen and oxygen atoms in total. The first kappa shape index (κ1) is 12.6. The van der Waals surface area contributed by atoms with Crippen LogP contribution in [0.4, 0.5) is 0 Å². The summed E-state index contributed by atoms with van der Waals surface area (Å²) in [6.45, 7) is 3.81.